The zero-order valence-corrected chi connectivity index (χ0v) is 22.8. The molecule has 8 nitrogen and oxygen atoms in total. The van der Waals surface area contributed by atoms with Gasteiger partial charge in [0, 0.05) is 12.1 Å². The molecular formula is C31H34N4O4. The Morgan fingerprint density at radius 2 is 1.72 bits per heavy atom. The maximum absolute atomic E-state index is 13.7. The second-order valence-corrected chi connectivity index (χ2v) is 10.3. The van der Waals surface area contributed by atoms with E-state index in [9.17, 15) is 9.59 Å². The summed E-state index contributed by atoms with van der Waals surface area (Å²) in [6.07, 6.45) is 1.48. The van der Waals surface area contributed by atoms with Crippen LogP contribution in [0.4, 0.5) is 0 Å². The van der Waals surface area contributed by atoms with E-state index in [1.54, 1.807) is 14.2 Å². The molecule has 3 aromatic carbocycles. The summed E-state index contributed by atoms with van der Waals surface area (Å²) in [5.41, 5.74) is 3.87. The van der Waals surface area contributed by atoms with Gasteiger partial charge in [0.1, 0.15) is 11.3 Å². The minimum Gasteiger partial charge on any atom is -0.493 e. The third kappa shape index (κ3) is 5.00. The van der Waals surface area contributed by atoms with Crippen LogP contribution in [-0.2, 0) is 16.6 Å². The van der Waals surface area contributed by atoms with Crippen LogP contribution in [0.1, 0.15) is 41.8 Å². The lowest BCUT2D eigenvalue weighted by atomic mass is 9.76. The number of methoxy groups -OCH3 is 2. The number of imidazole rings is 1. The molecule has 5 rings (SSSR count). The molecule has 2 N–H and O–H groups in total. The van der Waals surface area contributed by atoms with Gasteiger partial charge in [0.15, 0.2) is 11.5 Å². The molecule has 1 aromatic heterocycles. The summed E-state index contributed by atoms with van der Waals surface area (Å²) in [6.45, 7) is 5.55. The lowest BCUT2D eigenvalue weighted by Gasteiger charge is -2.37. The summed E-state index contributed by atoms with van der Waals surface area (Å²) in [5, 5.41) is 3.42. The van der Waals surface area contributed by atoms with Gasteiger partial charge in [-0.3, -0.25) is 14.5 Å². The van der Waals surface area contributed by atoms with Gasteiger partial charge in [-0.1, -0.05) is 42.5 Å². The molecule has 0 radical (unpaired) electrons. The van der Waals surface area contributed by atoms with Crippen LogP contribution in [0.2, 0.25) is 0 Å². The fraction of sp³-hybridized carbons (Fsp3) is 0.323. The van der Waals surface area contributed by atoms with Crippen LogP contribution in [0.3, 0.4) is 0 Å². The fourth-order valence-electron chi connectivity index (χ4n) is 5.18. The fourth-order valence-corrected chi connectivity index (χ4v) is 5.18. The van der Waals surface area contributed by atoms with Crippen LogP contribution < -0.4 is 14.8 Å². The number of rotatable bonds is 10. The number of hydrogen-bond donors (Lipinski definition) is 2. The van der Waals surface area contributed by atoms with E-state index in [2.05, 4.69) is 10.3 Å². The van der Waals surface area contributed by atoms with Crippen LogP contribution in [0.25, 0.3) is 22.4 Å². The minimum absolute atomic E-state index is 0.177. The van der Waals surface area contributed by atoms with Crippen molar-refractivity contribution in [2.45, 2.75) is 32.1 Å². The largest absolute Gasteiger partial charge is 0.493 e. The van der Waals surface area contributed by atoms with E-state index in [0.29, 0.717) is 47.9 Å². The van der Waals surface area contributed by atoms with Gasteiger partial charge in [-0.05, 0) is 69.1 Å². The number of nitrogens with zero attached hydrogens (tertiary/aromatic N) is 2. The van der Waals surface area contributed by atoms with Crippen LogP contribution >= 0.6 is 0 Å². The van der Waals surface area contributed by atoms with Crippen LogP contribution in [-0.4, -0.2) is 60.5 Å². The molecule has 0 fully saturated rings. The number of fused-ring (bicyclic) bond motifs is 3. The number of benzene rings is 3. The highest BCUT2D eigenvalue weighted by Gasteiger charge is 2.45. The van der Waals surface area contributed by atoms with E-state index < -0.39 is 5.41 Å². The van der Waals surface area contributed by atoms with Crippen LogP contribution in [0, 0.1) is 0 Å². The summed E-state index contributed by atoms with van der Waals surface area (Å²) in [6, 6.07) is 19.5. The first-order valence-electron chi connectivity index (χ1n) is 13.2. The first-order valence-corrected chi connectivity index (χ1v) is 13.2. The first kappa shape index (κ1) is 26.4. The number of hydrogen-bond acceptors (Lipinski definition) is 6. The standard InChI is InChI=1S/C31H34N4O4/c1-31(2)22-12-13-23-27(34-28(33-23)21-9-6-5-7-10-21)26(22)29(36)35(30(31)37)18-8-16-32-17-15-20-11-14-24(38-3)25(19-20)39-4/h5-7,9-14,19,32H,8,15-18H2,1-4H3,(H,33,34). The molecule has 0 unspecified atom stereocenters. The van der Waals surface area contributed by atoms with Crippen molar-refractivity contribution in [1.82, 2.24) is 20.2 Å². The highest BCUT2D eigenvalue weighted by atomic mass is 16.5. The zero-order valence-electron chi connectivity index (χ0n) is 22.8. The quantitative estimate of drug-likeness (QED) is 0.229. The van der Waals surface area contributed by atoms with Crippen molar-refractivity contribution in [3.8, 4) is 22.9 Å². The van der Waals surface area contributed by atoms with Gasteiger partial charge in [0.25, 0.3) is 5.91 Å². The Bertz CT molecular complexity index is 1510. The number of aromatic amines is 1. The normalized spacial score (nSPS) is 14.5. The number of carbonyl (C=O) groups excluding carboxylic acids is 2. The topological polar surface area (TPSA) is 96.5 Å². The molecule has 0 saturated heterocycles. The molecule has 1 aliphatic heterocycles. The lowest BCUT2D eigenvalue weighted by molar-refractivity contribution is -0.134. The molecule has 4 aromatic rings. The Morgan fingerprint density at radius 1 is 0.949 bits per heavy atom. The summed E-state index contributed by atoms with van der Waals surface area (Å²) in [5.74, 6) is 1.66. The molecule has 8 heteroatoms. The van der Waals surface area contributed by atoms with E-state index in [4.69, 9.17) is 14.5 Å². The summed E-state index contributed by atoms with van der Waals surface area (Å²) in [4.78, 5) is 36.7. The number of nitrogens with one attached hydrogen (secondary N) is 2. The molecule has 0 atom stereocenters. The zero-order chi connectivity index (χ0) is 27.6. The van der Waals surface area contributed by atoms with Gasteiger partial charge in [-0.15, -0.1) is 0 Å². The Labute approximate surface area is 228 Å². The Morgan fingerprint density at radius 3 is 2.46 bits per heavy atom. The van der Waals surface area contributed by atoms with Crippen molar-refractivity contribution in [3.05, 3.63) is 77.4 Å². The number of aromatic nitrogens is 2. The van der Waals surface area contributed by atoms with Gasteiger partial charge >= 0.3 is 0 Å². The SMILES string of the molecule is COc1ccc(CCNCCCN2C(=O)c3c(ccc4[nH]c(-c5ccccc5)nc34)C(C)(C)C2=O)cc1OC. The molecule has 0 saturated carbocycles. The van der Waals surface area contributed by atoms with Crippen molar-refractivity contribution in [2.24, 2.45) is 0 Å². The molecule has 0 bridgehead atoms. The highest BCUT2D eigenvalue weighted by molar-refractivity contribution is 6.18. The van der Waals surface area contributed by atoms with Crippen molar-refractivity contribution in [3.63, 3.8) is 0 Å². The predicted molar refractivity (Wildman–Crippen MR) is 151 cm³/mol. The Balaban J connectivity index is 1.26. The average Bonchev–Trinajstić information content (AvgIpc) is 3.40. The smallest absolute Gasteiger partial charge is 0.263 e. The van der Waals surface area contributed by atoms with Crippen LogP contribution in [0.15, 0.2) is 60.7 Å². The second kappa shape index (κ2) is 10.9. The molecule has 202 valence electrons. The van der Waals surface area contributed by atoms with Gasteiger partial charge in [-0.2, -0.15) is 0 Å². The van der Waals surface area contributed by atoms with E-state index in [-0.39, 0.29) is 11.8 Å². The lowest BCUT2D eigenvalue weighted by Crippen LogP contribution is -2.52. The van der Waals surface area contributed by atoms with Crippen molar-refractivity contribution < 1.29 is 19.1 Å². The van der Waals surface area contributed by atoms with Crippen LogP contribution in [0.5, 0.6) is 11.5 Å². The van der Waals surface area contributed by atoms with E-state index in [1.165, 1.54) is 4.90 Å². The molecule has 2 heterocycles. The third-order valence-corrected chi connectivity index (χ3v) is 7.39. The Hall–Kier alpha value is -4.17. The van der Waals surface area contributed by atoms with E-state index in [1.807, 2.05) is 74.5 Å². The van der Waals surface area contributed by atoms with E-state index >= 15 is 0 Å². The van der Waals surface area contributed by atoms with Gasteiger partial charge in [0.2, 0.25) is 5.91 Å². The van der Waals surface area contributed by atoms with E-state index in [0.717, 1.165) is 35.2 Å². The van der Waals surface area contributed by atoms with Crippen molar-refractivity contribution in [1.29, 1.82) is 0 Å². The predicted octanol–water partition coefficient (Wildman–Crippen LogP) is 4.73. The summed E-state index contributed by atoms with van der Waals surface area (Å²) in [7, 11) is 3.25. The third-order valence-electron chi connectivity index (χ3n) is 7.39. The van der Waals surface area contributed by atoms with Crippen molar-refractivity contribution >= 4 is 22.8 Å². The van der Waals surface area contributed by atoms with Crippen molar-refractivity contribution in [2.75, 3.05) is 33.9 Å². The molecule has 0 aliphatic carbocycles. The number of H-pyrrole nitrogens is 1. The highest BCUT2D eigenvalue weighted by Crippen LogP contribution is 2.38. The second-order valence-electron chi connectivity index (χ2n) is 10.3. The molecule has 2 amide bonds. The molecule has 1 aliphatic rings. The molecule has 0 spiro atoms. The number of amides is 2. The molecular weight excluding hydrogens is 492 g/mol. The summed E-state index contributed by atoms with van der Waals surface area (Å²) >= 11 is 0. The average molecular weight is 527 g/mol. The summed E-state index contributed by atoms with van der Waals surface area (Å²) < 4.78 is 10.7. The number of ether oxygens (including phenoxy) is 2. The van der Waals surface area contributed by atoms with Gasteiger partial charge in [0.05, 0.1) is 30.7 Å². The first-order chi connectivity index (χ1) is 18.8. The maximum atomic E-state index is 13.7. The van der Waals surface area contributed by atoms with Gasteiger partial charge < -0.3 is 19.8 Å². The molecule has 39 heavy (non-hydrogen) atoms. The Kier molecular flexibility index (Phi) is 7.39. The number of carbonyl (C=O) groups is 2. The monoisotopic (exact) mass is 526 g/mol. The van der Waals surface area contributed by atoms with Gasteiger partial charge in [-0.25, -0.2) is 4.98 Å². The maximum Gasteiger partial charge on any atom is 0.263 e. The minimum atomic E-state index is -0.829. The number of imide groups is 1.